The maximum Gasteiger partial charge on any atom is 0.189 e. The first-order valence-corrected chi connectivity index (χ1v) is 6.63. The van der Waals surface area contributed by atoms with Crippen molar-refractivity contribution >= 4 is 5.96 Å². The van der Waals surface area contributed by atoms with Crippen LogP contribution >= 0.6 is 0 Å². The van der Waals surface area contributed by atoms with E-state index in [1.54, 1.807) is 7.11 Å². The standard InChI is InChI=1S/C14H21N3O3/c1-10(8-18-2)17-14(15)16-7-11-9-19-12-5-3-4-6-13(12)20-11/h3-6,10-11H,7-9H2,1-2H3,(H3,15,16,17). The van der Waals surface area contributed by atoms with E-state index in [0.29, 0.717) is 25.7 Å². The highest BCUT2D eigenvalue weighted by atomic mass is 16.6. The van der Waals surface area contributed by atoms with Crippen molar-refractivity contribution in [2.75, 3.05) is 26.9 Å². The zero-order valence-corrected chi connectivity index (χ0v) is 11.8. The van der Waals surface area contributed by atoms with Crippen molar-refractivity contribution in [3.63, 3.8) is 0 Å². The molecule has 6 nitrogen and oxygen atoms in total. The van der Waals surface area contributed by atoms with Crippen LogP contribution in [0.3, 0.4) is 0 Å². The summed E-state index contributed by atoms with van der Waals surface area (Å²) in [6.07, 6.45) is -0.122. The molecule has 1 aromatic rings. The lowest BCUT2D eigenvalue weighted by Gasteiger charge is -2.25. The molecule has 0 amide bonds. The molecule has 0 aliphatic carbocycles. The van der Waals surface area contributed by atoms with E-state index in [9.17, 15) is 0 Å². The van der Waals surface area contributed by atoms with Gasteiger partial charge in [0.1, 0.15) is 6.61 Å². The van der Waals surface area contributed by atoms with E-state index in [4.69, 9.17) is 19.9 Å². The van der Waals surface area contributed by atoms with Crippen LogP contribution in [0.1, 0.15) is 6.92 Å². The van der Waals surface area contributed by atoms with E-state index in [1.807, 2.05) is 31.2 Å². The van der Waals surface area contributed by atoms with Crippen LogP contribution in [0.15, 0.2) is 29.3 Å². The first-order chi connectivity index (χ1) is 9.69. The van der Waals surface area contributed by atoms with Crippen LogP contribution in [0.25, 0.3) is 0 Å². The Morgan fingerprint density at radius 3 is 3.00 bits per heavy atom. The van der Waals surface area contributed by atoms with E-state index in [-0.39, 0.29) is 12.1 Å². The molecule has 1 aromatic carbocycles. The van der Waals surface area contributed by atoms with Gasteiger partial charge in [-0.15, -0.1) is 0 Å². The van der Waals surface area contributed by atoms with E-state index in [1.165, 1.54) is 0 Å². The number of hydrogen-bond donors (Lipinski definition) is 2. The zero-order chi connectivity index (χ0) is 14.4. The number of para-hydroxylation sites is 2. The molecule has 1 aliphatic heterocycles. The van der Waals surface area contributed by atoms with E-state index in [0.717, 1.165) is 11.5 Å². The topological polar surface area (TPSA) is 78.1 Å². The maximum absolute atomic E-state index is 5.80. The minimum Gasteiger partial charge on any atom is -0.486 e. The predicted octanol–water partition coefficient (Wildman–Crippen LogP) is 0.766. The van der Waals surface area contributed by atoms with Crippen LogP contribution in [0.4, 0.5) is 0 Å². The fourth-order valence-electron chi connectivity index (χ4n) is 1.94. The fourth-order valence-corrected chi connectivity index (χ4v) is 1.94. The number of aliphatic imine (C=N–C) groups is 1. The number of ether oxygens (including phenoxy) is 3. The van der Waals surface area contributed by atoms with Crippen molar-refractivity contribution in [1.29, 1.82) is 0 Å². The molecule has 2 unspecified atom stereocenters. The second-order valence-corrected chi connectivity index (χ2v) is 4.72. The molecule has 0 saturated carbocycles. The molecule has 0 bridgehead atoms. The summed E-state index contributed by atoms with van der Waals surface area (Å²) in [6.45, 7) is 3.48. The van der Waals surface area contributed by atoms with Crippen molar-refractivity contribution in [1.82, 2.24) is 5.32 Å². The third-order valence-electron chi connectivity index (χ3n) is 2.84. The number of benzene rings is 1. The second kappa shape index (κ2) is 7.00. The molecule has 0 saturated heterocycles. The Balaban J connectivity index is 1.83. The lowest BCUT2D eigenvalue weighted by atomic mass is 10.2. The third-order valence-corrected chi connectivity index (χ3v) is 2.84. The highest BCUT2D eigenvalue weighted by Crippen LogP contribution is 2.30. The van der Waals surface area contributed by atoms with Gasteiger partial charge in [-0.1, -0.05) is 12.1 Å². The van der Waals surface area contributed by atoms with Crippen LogP contribution in [0, 0.1) is 0 Å². The number of nitrogens with two attached hydrogens (primary N) is 1. The molecule has 3 N–H and O–H groups in total. The Morgan fingerprint density at radius 1 is 1.50 bits per heavy atom. The van der Waals surface area contributed by atoms with Crippen LogP contribution in [0.5, 0.6) is 11.5 Å². The molecule has 2 atom stereocenters. The normalized spacial score (nSPS) is 19.5. The van der Waals surface area contributed by atoms with Gasteiger partial charge < -0.3 is 25.3 Å². The van der Waals surface area contributed by atoms with Crippen molar-refractivity contribution < 1.29 is 14.2 Å². The Morgan fingerprint density at radius 2 is 2.25 bits per heavy atom. The first-order valence-electron chi connectivity index (χ1n) is 6.63. The minimum atomic E-state index is -0.122. The third kappa shape index (κ3) is 4.03. The number of nitrogens with zero attached hydrogens (tertiary/aromatic N) is 1. The zero-order valence-electron chi connectivity index (χ0n) is 11.8. The largest absolute Gasteiger partial charge is 0.486 e. The second-order valence-electron chi connectivity index (χ2n) is 4.72. The van der Waals surface area contributed by atoms with Gasteiger partial charge in [0.05, 0.1) is 13.2 Å². The Bertz CT molecular complexity index is 465. The summed E-state index contributed by atoms with van der Waals surface area (Å²) < 4.78 is 16.4. The highest BCUT2D eigenvalue weighted by molar-refractivity contribution is 5.78. The SMILES string of the molecule is COCC(C)NC(N)=NCC1COc2ccccc2O1. The summed E-state index contributed by atoms with van der Waals surface area (Å²) in [6, 6.07) is 7.72. The number of hydrogen-bond acceptors (Lipinski definition) is 4. The van der Waals surface area contributed by atoms with Crippen molar-refractivity contribution in [2.45, 2.75) is 19.1 Å². The fraction of sp³-hybridized carbons (Fsp3) is 0.500. The lowest BCUT2D eigenvalue weighted by Crippen LogP contribution is -2.42. The smallest absolute Gasteiger partial charge is 0.189 e. The van der Waals surface area contributed by atoms with E-state index >= 15 is 0 Å². The van der Waals surface area contributed by atoms with Gasteiger partial charge in [-0.05, 0) is 19.1 Å². The summed E-state index contributed by atoms with van der Waals surface area (Å²) in [5.41, 5.74) is 5.80. The van der Waals surface area contributed by atoms with Crippen LogP contribution < -0.4 is 20.5 Å². The predicted molar refractivity (Wildman–Crippen MR) is 77.3 cm³/mol. The van der Waals surface area contributed by atoms with Crippen molar-refractivity contribution in [3.05, 3.63) is 24.3 Å². The maximum atomic E-state index is 5.80. The number of methoxy groups -OCH3 is 1. The first kappa shape index (κ1) is 14.5. The average molecular weight is 279 g/mol. The Hall–Kier alpha value is -1.95. The van der Waals surface area contributed by atoms with Crippen LogP contribution in [-0.4, -0.2) is 45.0 Å². The number of rotatable bonds is 5. The van der Waals surface area contributed by atoms with Gasteiger partial charge in [-0.2, -0.15) is 0 Å². The van der Waals surface area contributed by atoms with Crippen LogP contribution in [-0.2, 0) is 4.74 Å². The molecule has 1 aliphatic rings. The quantitative estimate of drug-likeness (QED) is 0.615. The number of guanidine groups is 1. The van der Waals surface area contributed by atoms with Crippen molar-refractivity contribution in [2.24, 2.45) is 10.7 Å². The monoisotopic (exact) mass is 279 g/mol. The van der Waals surface area contributed by atoms with Gasteiger partial charge in [-0.3, -0.25) is 0 Å². The van der Waals surface area contributed by atoms with Crippen molar-refractivity contribution in [3.8, 4) is 11.5 Å². The van der Waals surface area contributed by atoms with Gasteiger partial charge >= 0.3 is 0 Å². The molecule has 0 fully saturated rings. The molecular weight excluding hydrogens is 258 g/mol. The summed E-state index contributed by atoms with van der Waals surface area (Å²) in [5.74, 6) is 1.91. The Labute approximate surface area is 118 Å². The number of fused-ring (bicyclic) bond motifs is 1. The van der Waals surface area contributed by atoms with Gasteiger partial charge in [0.25, 0.3) is 0 Å². The number of nitrogens with one attached hydrogen (secondary N) is 1. The molecule has 0 spiro atoms. The molecule has 2 rings (SSSR count). The molecular formula is C14H21N3O3. The summed E-state index contributed by atoms with van der Waals surface area (Å²) in [7, 11) is 1.65. The lowest BCUT2D eigenvalue weighted by molar-refractivity contribution is 0.0971. The van der Waals surface area contributed by atoms with Gasteiger partial charge in [0.2, 0.25) is 0 Å². The molecule has 1 heterocycles. The molecule has 6 heteroatoms. The summed E-state index contributed by atoms with van der Waals surface area (Å²) >= 11 is 0. The highest BCUT2D eigenvalue weighted by Gasteiger charge is 2.20. The van der Waals surface area contributed by atoms with E-state index in [2.05, 4.69) is 10.3 Å². The Kier molecular flexibility index (Phi) is 5.06. The van der Waals surface area contributed by atoms with Gasteiger partial charge in [-0.25, -0.2) is 4.99 Å². The summed E-state index contributed by atoms with van der Waals surface area (Å²) in [5, 5.41) is 3.05. The molecule has 0 aromatic heterocycles. The van der Waals surface area contributed by atoms with Gasteiger partial charge in [0.15, 0.2) is 23.6 Å². The van der Waals surface area contributed by atoms with Gasteiger partial charge in [0, 0.05) is 13.2 Å². The van der Waals surface area contributed by atoms with Crippen LogP contribution in [0.2, 0.25) is 0 Å². The molecule has 0 radical (unpaired) electrons. The minimum absolute atomic E-state index is 0.119. The van der Waals surface area contributed by atoms with E-state index < -0.39 is 0 Å². The average Bonchev–Trinajstić information content (AvgIpc) is 2.45. The molecule has 110 valence electrons. The molecule has 20 heavy (non-hydrogen) atoms. The summed E-state index contributed by atoms with van der Waals surface area (Å²) in [4.78, 5) is 4.27.